The second-order valence-electron chi connectivity index (χ2n) is 5.24. The molecule has 1 heterocycles. The zero-order valence-corrected chi connectivity index (χ0v) is 12.7. The Bertz CT molecular complexity index is 454. The second kappa shape index (κ2) is 6.61. The van der Waals surface area contributed by atoms with Crippen LogP contribution in [0, 0.1) is 5.92 Å². The maximum Gasteiger partial charge on any atom is 0.272 e. The van der Waals surface area contributed by atoms with E-state index in [-0.39, 0.29) is 16.9 Å². The first kappa shape index (κ1) is 15.6. The van der Waals surface area contributed by atoms with Gasteiger partial charge in [-0.1, -0.05) is 26.1 Å². The van der Waals surface area contributed by atoms with E-state index in [1.54, 1.807) is 18.3 Å². The maximum atomic E-state index is 12.4. The SMILES string of the molecule is CC(C)CN(C(=O)c1ccc(C(N)=S)cn1)C(C)C. The second-order valence-corrected chi connectivity index (χ2v) is 5.68. The summed E-state index contributed by atoms with van der Waals surface area (Å²) >= 11 is 4.86. The molecular weight excluding hydrogens is 258 g/mol. The molecule has 0 fully saturated rings. The van der Waals surface area contributed by atoms with Crippen LogP contribution in [0.2, 0.25) is 0 Å². The summed E-state index contributed by atoms with van der Waals surface area (Å²) in [7, 11) is 0. The molecule has 104 valence electrons. The Kier molecular flexibility index (Phi) is 5.42. The summed E-state index contributed by atoms with van der Waals surface area (Å²) in [6.45, 7) is 8.90. The smallest absolute Gasteiger partial charge is 0.272 e. The average molecular weight is 279 g/mol. The number of hydrogen-bond donors (Lipinski definition) is 1. The summed E-state index contributed by atoms with van der Waals surface area (Å²) in [5, 5.41) is 0. The van der Waals surface area contributed by atoms with E-state index < -0.39 is 0 Å². The van der Waals surface area contributed by atoms with Gasteiger partial charge < -0.3 is 10.6 Å². The summed E-state index contributed by atoms with van der Waals surface area (Å²) in [5.74, 6) is 0.362. The molecule has 2 N–H and O–H groups in total. The summed E-state index contributed by atoms with van der Waals surface area (Å²) in [4.78, 5) is 18.7. The molecule has 5 heteroatoms. The third-order valence-corrected chi connectivity index (χ3v) is 2.95. The third kappa shape index (κ3) is 4.28. The molecule has 0 aliphatic rings. The van der Waals surface area contributed by atoms with Gasteiger partial charge in [-0.05, 0) is 31.9 Å². The number of pyridine rings is 1. The maximum absolute atomic E-state index is 12.4. The number of aromatic nitrogens is 1. The highest BCUT2D eigenvalue weighted by molar-refractivity contribution is 7.80. The molecule has 1 amide bonds. The van der Waals surface area contributed by atoms with E-state index in [2.05, 4.69) is 18.8 Å². The van der Waals surface area contributed by atoms with Crippen LogP contribution in [0.15, 0.2) is 18.3 Å². The first-order valence-corrected chi connectivity index (χ1v) is 6.80. The van der Waals surface area contributed by atoms with Gasteiger partial charge in [0.1, 0.15) is 10.7 Å². The summed E-state index contributed by atoms with van der Waals surface area (Å²) in [6.07, 6.45) is 1.55. The van der Waals surface area contributed by atoms with Gasteiger partial charge in [-0.2, -0.15) is 0 Å². The molecule has 4 nitrogen and oxygen atoms in total. The lowest BCUT2D eigenvalue weighted by molar-refractivity contribution is 0.0676. The van der Waals surface area contributed by atoms with Crippen molar-refractivity contribution >= 4 is 23.1 Å². The lowest BCUT2D eigenvalue weighted by atomic mass is 10.1. The number of amides is 1. The Hall–Kier alpha value is -1.49. The molecule has 0 atom stereocenters. The highest BCUT2D eigenvalue weighted by Gasteiger charge is 2.20. The van der Waals surface area contributed by atoms with Crippen molar-refractivity contribution < 1.29 is 4.79 Å². The van der Waals surface area contributed by atoms with Crippen LogP contribution in [-0.4, -0.2) is 33.4 Å². The normalized spacial score (nSPS) is 10.8. The molecule has 0 aliphatic carbocycles. The van der Waals surface area contributed by atoms with Crippen molar-refractivity contribution in [3.05, 3.63) is 29.6 Å². The van der Waals surface area contributed by atoms with E-state index in [4.69, 9.17) is 18.0 Å². The molecule has 1 aromatic heterocycles. The van der Waals surface area contributed by atoms with Crippen LogP contribution in [-0.2, 0) is 0 Å². The van der Waals surface area contributed by atoms with E-state index in [1.807, 2.05) is 18.7 Å². The summed E-state index contributed by atoms with van der Waals surface area (Å²) in [5.41, 5.74) is 6.61. The lowest BCUT2D eigenvalue weighted by Gasteiger charge is -2.28. The third-order valence-electron chi connectivity index (χ3n) is 2.71. The van der Waals surface area contributed by atoms with Crippen LogP contribution < -0.4 is 5.73 Å². The van der Waals surface area contributed by atoms with Crippen LogP contribution in [0.3, 0.4) is 0 Å². The summed E-state index contributed by atoms with van der Waals surface area (Å²) < 4.78 is 0. The van der Waals surface area contributed by atoms with Gasteiger partial charge in [-0.15, -0.1) is 0 Å². The van der Waals surface area contributed by atoms with Crippen molar-refractivity contribution in [3.8, 4) is 0 Å². The number of carbonyl (C=O) groups is 1. The van der Waals surface area contributed by atoms with Crippen molar-refractivity contribution in [1.29, 1.82) is 0 Å². The average Bonchev–Trinajstić information content (AvgIpc) is 2.34. The van der Waals surface area contributed by atoms with Crippen molar-refractivity contribution in [2.75, 3.05) is 6.54 Å². The molecule has 0 aliphatic heterocycles. The summed E-state index contributed by atoms with van der Waals surface area (Å²) in [6, 6.07) is 3.55. The molecule has 0 aromatic carbocycles. The van der Waals surface area contributed by atoms with E-state index in [0.29, 0.717) is 17.2 Å². The fourth-order valence-corrected chi connectivity index (χ4v) is 1.86. The van der Waals surface area contributed by atoms with Gasteiger partial charge in [0, 0.05) is 24.3 Å². The zero-order chi connectivity index (χ0) is 14.6. The fourth-order valence-electron chi connectivity index (χ4n) is 1.73. The molecule has 0 bridgehead atoms. The van der Waals surface area contributed by atoms with Crippen molar-refractivity contribution in [1.82, 2.24) is 9.88 Å². The van der Waals surface area contributed by atoms with E-state index in [0.717, 1.165) is 6.54 Å². The zero-order valence-electron chi connectivity index (χ0n) is 11.9. The number of nitrogens with two attached hydrogens (primary N) is 1. The predicted octanol–water partition coefficient (Wildman–Crippen LogP) is 2.22. The molecule has 0 saturated heterocycles. The quantitative estimate of drug-likeness (QED) is 0.840. The van der Waals surface area contributed by atoms with Crippen LogP contribution in [0.5, 0.6) is 0 Å². The Labute approximate surface area is 120 Å². The minimum Gasteiger partial charge on any atom is -0.389 e. The molecule has 0 spiro atoms. The van der Waals surface area contributed by atoms with Crippen LogP contribution in [0.1, 0.15) is 43.7 Å². The molecule has 0 unspecified atom stereocenters. The van der Waals surface area contributed by atoms with Gasteiger partial charge >= 0.3 is 0 Å². The Morgan fingerprint density at radius 3 is 2.37 bits per heavy atom. The van der Waals surface area contributed by atoms with Gasteiger partial charge in [0.15, 0.2) is 0 Å². The molecule has 1 rings (SSSR count). The highest BCUT2D eigenvalue weighted by Crippen LogP contribution is 2.10. The molecular formula is C14H21N3OS. The van der Waals surface area contributed by atoms with E-state index in [9.17, 15) is 4.79 Å². The van der Waals surface area contributed by atoms with Crippen molar-refractivity contribution in [3.63, 3.8) is 0 Å². The Balaban J connectivity index is 2.93. The van der Waals surface area contributed by atoms with Gasteiger partial charge in [0.05, 0.1) is 0 Å². The van der Waals surface area contributed by atoms with Crippen LogP contribution >= 0.6 is 12.2 Å². The van der Waals surface area contributed by atoms with Gasteiger partial charge in [0.2, 0.25) is 0 Å². The molecule has 1 aromatic rings. The van der Waals surface area contributed by atoms with Crippen molar-refractivity contribution in [2.24, 2.45) is 11.7 Å². The number of hydrogen-bond acceptors (Lipinski definition) is 3. The Morgan fingerprint density at radius 2 is 2.00 bits per heavy atom. The lowest BCUT2D eigenvalue weighted by Crippen LogP contribution is -2.39. The molecule has 0 saturated carbocycles. The van der Waals surface area contributed by atoms with Crippen LogP contribution in [0.25, 0.3) is 0 Å². The molecule has 0 radical (unpaired) electrons. The monoisotopic (exact) mass is 279 g/mol. The predicted molar refractivity (Wildman–Crippen MR) is 81.1 cm³/mol. The minimum absolute atomic E-state index is 0.0572. The van der Waals surface area contributed by atoms with Crippen LogP contribution in [0.4, 0.5) is 0 Å². The highest BCUT2D eigenvalue weighted by atomic mass is 32.1. The first-order chi connectivity index (χ1) is 8.82. The largest absolute Gasteiger partial charge is 0.389 e. The van der Waals surface area contributed by atoms with E-state index >= 15 is 0 Å². The number of carbonyl (C=O) groups excluding carboxylic acids is 1. The number of nitrogens with zero attached hydrogens (tertiary/aromatic N) is 2. The van der Waals surface area contributed by atoms with Gasteiger partial charge in [-0.3, -0.25) is 9.78 Å². The molecule has 19 heavy (non-hydrogen) atoms. The number of thiocarbonyl (C=S) groups is 1. The Morgan fingerprint density at radius 1 is 1.37 bits per heavy atom. The minimum atomic E-state index is -0.0572. The first-order valence-electron chi connectivity index (χ1n) is 6.39. The standard InChI is InChI=1S/C14H21N3OS/c1-9(2)8-17(10(3)4)14(18)12-6-5-11(7-16-12)13(15)19/h5-7,9-10H,8H2,1-4H3,(H2,15,19). The van der Waals surface area contributed by atoms with Crippen molar-refractivity contribution in [2.45, 2.75) is 33.7 Å². The fraction of sp³-hybridized carbons (Fsp3) is 0.500. The van der Waals surface area contributed by atoms with Gasteiger partial charge in [0.25, 0.3) is 5.91 Å². The van der Waals surface area contributed by atoms with Gasteiger partial charge in [-0.25, -0.2) is 0 Å². The number of rotatable bonds is 5. The van der Waals surface area contributed by atoms with E-state index in [1.165, 1.54) is 0 Å². The topological polar surface area (TPSA) is 59.2 Å².